The molecule has 1 N–H and O–H groups in total. The lowest BCUT2D eigenvalue weighted by molar-refractivity contribution is 0.691. The number of halogens is 2. The van der Waals surface area contributed by atoms with E-state index in [-0.39, 0.29) is 6.04 Å². The van der Waals surface area contributed by atoms with Crippen LogP contribution in [0.25, 0.3) is 0 Å². The van der Waals surface area contributed by atoms with E-state index >= 15 is 0 Å². The van der Waals surface area contributed by atoms with E-state index in [1.807, 2.05) is 19.2 Å². The van der Waals surface area contributed by atoms with Crippen LogP contribution in [0.2, 0.25) is 5.02 Å². The molecule has 0 aliphatic heterocycles. The van der Waals surface area contributed by atoms with Crippen molar-refractivity contribution < 1.29 is 0 Å². The second-order valence-corrected chi connectivity index (χ2v) is 6.26. The number of nitrogens with one attached hydrogen (secondary N) is 1. The smallest absolute Gasteiger partial charge is 0.0599 e. The van der Waals surface area contributed by atoms with Gasteiger partial charge in [-0.25, -0.2) is 0 Å². The molecule has 0 bridgehead atoms. The van der Waals surface area contributed by atoms with Crippen LogP contribution in [0.4, 0.5) is 0 Å². The molecule has 1 heterocycles. The highest BCUT2D eigenvalue weighted by Gasteiger charge is 2.17. The Labute approximate surface area is 119 Å². The molecule has 17 heavy (non-hydrogen) atoms. The molecule has 0 aliphatic carbocycles. The normalized spacial score (nSPS) is 12.7. The van der Waals surface area contributed by atoms with Gasteiger partial charge in [-0.1, -0.05) is 33.6 Å². The molecule has 1 unspecified atom stereocenters. The molecule has 1 nitrogen and oxygen atoms in total. The summed E-state index contributed by atoms with van der Waals surface area (Å²) in [5, 5.41) is 6.22. The second-order valence-electron chi connectivity index (χ2n) is 3.82. The summed E-state index contributed by atoms with van der Waals surface area (Å²) in [4.78, 5) is 1.32. The molecule has 0 aliphatic rings. The van der Waals surface area contributed by atoms with Crippen LogP contribution in [0.3, 0.4) is 0 Å². The van der Waals surface area contributed by atoms with Crippen LogP contribution in [-0.4, -0.2) is 7.05 Å². The Balaban J connectivity index is 2.46. The molecule has 1 aromatic heterocycles. The number of hydrogen-bond donors (Lipinski definition) is 1. The van der Waals surface area contributed by atoms with E-state index in [0.717, 1.165) is 15.1 Å². The van der Waals surface area contributed by atoms with Crippen molar-refractivity contribution in [1.29, 1.82) is 0 Å². The van der Waals surface area contributed by atoms with Gasteiger partial charge in [-0.05, 0) is 48.7 Å². The highest BCUT2D eigenvalue weighted by atomic mass is 79.9. The highest BCUT2D eigenvalue weighted by molar-refractivity contribution is 9.10. The monoisotopic (exact) mass is 329 g/mol. The predicted octanol–water partition coefficient (Wildman–Crippen LogP) is 4.78. The highest BCUT2D eigenvalue weighted by Crippen LogP contribution is 2.33. The fraction of sp³-hybridized carbons (Fsp3) is 0.231. The molecule has 0 saturated carbocycles. The van der Waals surface area contributed by atoms with E-state index in [2.05, 4.69) is 45.7 Å². The Hall–Kier alpha value is -0.350. The summed E-state index contributed by atoms with van der Waals surface area (Å²) in [7, 11) is 1.96. The van der Waals surface area contributed by atoms with Crippen LogP contribution in [0, 0.1) is 6.92 Å². The van der Waals surface area contributed by atoms with Crippen molar-refractivity contribution in [2.45, 2.75) is 13.0 Å². The Morgan fingerprint density at radius 2 is 2.06 bits per heavy atom. The van der Waals surface area contributed by atoms with E-state index in [1.54, 1.807) is 11.3 Å². The second kappa shape index (κ2) is 5.53. The van der Waals surface area contributed by atoms with E-state index < -0.39 is 0 Å². The minimum Gasteiger partial charge on any atom is -0.309 e. The predicted molar refractivity (Wildman–Crippen MR) is 79.1 cm³/mol. The Kier molecular flexibility index (Phi) is 4.26. The molecule has 90 valence electrons. The summed E-state index contributed by atoms with van der Waals surface area (Å²) < 4.78 is 1.00. The first-order chi connectivity index (χ1) is 8.13. The van der Waals surface area contributed by atoms with Gasteiger partial charge in [0.1, 0.15) is 0 Å². The third kappa shape index (κ3) is 2.74. The lowest BCUT2D eigenvalue weighted by Gasteiger charge is -2.18. The molecule has 0 saturated heterocycles. The van der Waals surface area contributed by atoms with Crippen LogP contribution >= 0.6 is 38.9 Å². The maximum atomic E-state index is 6.31. The summed E-state index contributed by atoms with van der Waals surface area (Å²) in [6, 6.07) is 8.32. The first kappa shape index (κ1) is 13.1. The lowest BCUT2D eigenvalue weighted by atomic mass is 10.00. The van der Waals surface area contributed by atoms with Crippen molar-refractivity contribution in [1.82, 2.24) is 5.32 Å². The van der Waals surface area contributed by atoms with Crippen LogP contribution in [-0.2, 0) is 0 Å². The van der Waals surface area contributed by atoms with Gasteiger partial charge in [-0.15, -0.1) is 11.3 Å². The van der Waals surface area contributed by atoms with E-state index in [4.69, 9.17) is 11.6 Å². The van der Waals surface area contributed by atoms with Gasteiger partial charge in [-0.3, -0.25) is 0 Å². The lowest BCUT2D eigenvalue weighted by Crippen LogP contribution is -2.18. The zero-order valence-corrected chi connectivity index (χ0v) is 12.8. The SMILES string of the molecule is CNC(c1ccc(Br)cc1Cl)c1ccsc1C. The standard InChI is InChI=1S/C13H13BrClNS/c1-8-10(5-6-17-8)13(16-2)11-4-3-9(14)7-12(11)15/h3-7,13,16H,1-2H3. The van der Waals surface area contributed by atoms with Crippen LogP contribution in [0.5, 0.6) is 0 Å². The van der Waals surface area contributed by atoms with Crippen molar-refractivity contribution in [3.05, 3.63) is 55.1 Å². The van der Waals surface area contributed by atoms with E-state index in [9.17, 15) is 0 Å². The Morgan fingerprint density at radius 1 is 1.29 bits per heavy atom. The van der Waals surface area contributed by atoms with Crippen molar-refractivity contribution in [2.24, 2.45) is 0 Å². The molecule has 2 rings (SSSR count). The first-order valence-electron chi connectivity index (χ1n) is 5.29. The molecule has 0 spiro atoms. The number of thiophene rings is 1. The van der Waals surface area contributed by atoms with E-state index in [0.29, 0.717) is 0 Å². The van der Waals surface area contributed by atoms with Crippen LogP contribution in [0.1, 0.15) is 22.0 Å². The minimum absolute atomic E-state index is 0.154. The van der Waals surface area contributed by atoms with Crippen molar-refractivity contribution >= 4 is 38.9 Å². The fourth-order valence-electron chi connectivity index (χ4n) is 1.91. The maximum Gasteiger partial charge on any atom is 0.0599 e. The number of rotatable bonds is 3. The molecule has 1 aromatic carbocycles. The minimum atomic E-state index is 0.154. The molecule has 4 heteroatoms. The zero-order valence-electron chi connectivity index (χ0n) is 9.63. The summed E-state index contributed by atoms with van der Waals surface area (Å²) in [6.45, 7) is 2.14. The number of hydrogen-bond acceptors (Lipinski definition) is 2. The third-order valence-corrected chi connectivity index (χ3v) is 4.45. The Bertz CT molecular complexity index is 524. The molecule has 2 aromatic rings. The summed E-state index contributed by atoms with van der Waals surface area (Å²) >= 11 is 11.5. The van der Waals surface area contributed by atoms with Crippen LogP contribution < -0.4 is 5.32 Å². The van der Waals surface area contributed by atoms with Gasteiger partial charge in [0.25, 0.3) is 0 Å². The molecule has 1 atom stereocenters. The largest absolute Gasteiger partial charge is 0.309 e. The molecular formula is C13H13BrClNS. The van der Waals surface area contributed by atoms with Crippen molar-refractivity contribution in [3.63, 3.8) is 0 Å². The van der Waals surface area contributed by atoms with Gasteiger partial charge in [0.15, 0.2) is 0 Å². The molecule has 0 radical (unpaired) electrons. The average molecular weight is 331 g/mol. The average Bonchev–Trinajstić information content (AvgIpc) is 2.69. The quantitative estimate of drug-likeness (QED) is 0.854. The fourth-order valence-corrected chi connectivity index (χ4v) is 3.43. The maximum absolute atomic E-state index is 6.31. The van der Waals surface area contributed by atoms with Crippen molar-refractivity contribution in [2.75, 3.05) is 7.05 Å². The topological polar surface area (TPSA) is 12.0 Å². The van der Waals surface area contributed by atoms with Gasteiger partial charge in [0.2, 0.25) is 0 Å². The van der Waals surface area contributed by atoms with Gasteiger partial charge in [0.05, 0.1) is 6.04 Å². The van der Waals surface area contributed by atoms with Gasteiger partial charge in [0, 0.05) is 14.4 Å². The first-order valence-corrected chi connectivity index (χ1v) is 7.34. The summed E-state index contributed by atoms with van der Waals surface area (Å²) in [5.74, 6) is 0. The van der Waals surface area contributed by atoms with E-state index in [1.165, 1.54) is 10.4 Å². The van der Waals surface area contributed by atoms with Crippen molar-refractivity contribution in [3.8, 4) is 0 Å². The summed E-state index contributed by atoms with van der Waals surface area (Å²) in [6.07, 6.45) is 0. The van der Waals surface area contributed by atoms with Gasteiger partial charge >= 0.3 is 0 Å². The third-order valence-electron chi connectivity index (χ3n) is 2.77. The molecule has 0 amide bonds. The number of aryl methyl sites for hydroxylation is 1. The van der Waals surface area contributed by atoms with Gasteiger partial charge < -0.3 is 5.32 Å². The van der Waals surface area contributed by atoms with Gasteiger partial charge in [-0.2, -0.15) is 0 Å². The zero-order chi connectivity index (χ0) is 12.4. The summed E-state index contributed by atoms with van der Waals surface area (Å²) in [5.41, 5.74) is 2.40. The Morgan fingerprint density at radius 3 is 2.59 bits per heavy atom. The van der Waals surface area contributed by atoms with Crippen LogP contribution in [0.15, 0.2) is 34.1 Å². The molecule has 0 fully saturated rings. The molecular weight excluding hydrogens is 318 g/mol. The number of benzene rings is 1.